The Morgan fingerprint density at radius 2 is 0.946 bits per heavy atom. The number of aryl methyl sites for hydroxylation is 4. The maximum Gasteiger partial charge on any atom is 0.306 e. The minimum atomic E-state index is -0.265. The number of aromatic amines is 2. The molecule has 8 bridgehead atoms. The number of ether oxygens (including phenoxy) is 2. The second-order valence-electron chi connectivity index (χ2n) is 14.7. The predicted octanol–water partition coefficient (Wildman–Crippen LogP) is 11.0. The van der Waals surface area contributed by atoms with Crippen LogP contribution in [0.2, 0.25) is 0 Å². The molecule has 3 aromatic heterocycles. The molecule has 286 valence electrons. The molecule has 56 heavy (non-hydrogen) atoms. The number of hydrogen-bond donors (Lipinski definition) is 2. The van der Waals surface area contributed by atoms with E-state index in [0.29, 0.717) is 12.8 Å². The van der Waals surface area contributed by atoms with Crippen LogP contribution in [-0.4, -0.2) is 31.9 Å². The minimum absolute atomic E-state index is 0.209. The number of esters is 2. The lowest BCUT2D eigenvalue weighted by atomic mass is 9.98. The van der Waals surface area contributed by atoms with Crippen molar-refractivity contribution in [3.63, 3.8) is 0 Å². The summed E-state index contributed by atoms with van der Waals surface area (Å²) in [7, 11) is 0. The largest absolute Gasteiger partial charge is 0.461 e. The molecule has 0 aliphatic carbocycles. The third-order valence-corrected chi connectivity index (χ3v) is 11.2. The number of hydrogen-bond acceptors (Lipinski definition) is 6. The van der Waals surface area contributed by atoms with Gasteiger partial charge < -0.3 is 19.4 Å². The standard InChI is InChI=1S/C48H50N4O4/c1-7-35-29(3)39-23-40-31(5)37(19-21-47(53)55-27-33-15-11-9-12-16-33)45(51-40)26-46-38(20-22-48(54)56-28-34-17-13-10-14-18-34)32(6)42(52-46)25-44-36(8-2)30(4)41(50-44)24-43(35)49-39/h9-18,23-26,49-50H,7-8,19-22,27-28H2,1-6H3. The molecule has 0 amide bonds. The maximum absolute atomic E-state index is 13.1. The number of nitrogens with one attached hydrogen (secondary N) is 2. The van der Waals surface area contributed by atoms with Crippen LogP contribution in [-0.2, 0) is 45.1 Å². The Morgan fingerprint density at radius 1 is 0.536 bits per heavy atom. The summed E-state index contributed by atoms with van der Waals surface area (Å²) in [5.41, 5.74) is 18.1. The van der Waals surface area contributed by atoms with Gasteiger partial charge in [0.05, 0.1) is 22.8 Å². The highest BCUT2D eigenvalue weighted by Crippen LogP contribution is 2.38. The molecule has 0 unspecified atom stereocenters. The Kier molecular flexibility index (Phi) is 11.5. The smallest absolute Gasteiger partial charge is 0.306 e. The molecule has 0 saturated heterocycles. The Balaban J connectivity index is 1.33. The van der Waals surface area contributed by atoms with E-state index < -0.39 is 0 Å². The highest BCUT2D eigenvalue weighted by molar-refractivity contribution is 5.96. The van der Waals surface area contributed by atoms with Gasteiger partial charge in [0.25, 0.3) is 0 Å². The lowest BCUT2D eigenvalue weighted by Gasteiger charge is -2.08. The van der Waals surface area contributed by atoms with E-state index in [2.05, 4.69) is 69.7 Å². The molecule has 8 heteroatoms. The van der Waals surface area contributed by atoms with Crippen LogP contribution in [0.1, 0.15) is 110 Å². The normalized spacial score (nSPS) is 12.7. The van der Waals surface area contributed by atoms with Crippen LogP contribution < -0.4 is 0 Å². The van der Waals surface area contributed by atoms with Crippen molar-refractivity contribution in [2.45, 2.75) is 93.3 Å². The van der Waals surface area contributed by atoms with Gasteiger partial charge in [0.15, 0.2) is 0 Å². The first-order valence-electron chi connectivity index (χ1n) is 19.7. The average Bonchev–Trinajstić information content (AvgIpc) is 3.87. The number of aromatic nitrogens is 4. The van der Waals surface area contributed by atoms with Crippen molar-refractivity contribution in [1.82, 2.24) is 19.9 Å². The number of allylic oxidation sites excluding steroid dienone is 4. The lowest BCUT2D eigenvalue weighted by molar-refractivity contribution is -0.145. The number of H-pyrrole nitrogens is 2. The molecular formula is C48H50N4O4. The van der Waals surface area contributed by atoms with E-state index in [-0.39, 0.29) is 38.0 Å². The lowest BCUT2D eigenvalue weighted by Crippen LogP contribution is -2.05. The molecule has 0 atom stereocenters. The van der Waals surface area contributed by atoms with Crippen LogP contribution in [0.15, 0.2) is 84.9 Å². The Bertz CT molecular complexity index is 2520. The van der Waals surface area contributed by atoms with E-state index in [1.54, 1.807) is 0 Å². The fourth-order valence-electron chi connectivity index (χ4n) is 7.83. The third kappa shape index (κ3) is 8.15. The van der Waals surface area contributed by atoms with E-state index in [0.717, 1.165) is 91.1 Å². The Hall–Kier alpha value is -6.02. The SMILES string of the molecule is CCc1c(C)c2cc3[nH]c(cc4nc(cc5nc(cc1[nH]2)C(C)=C5CCC(=O)OCc1ccccc1)C(CCC(=O)OCc1ccccc1)=C4C)c(C)c3CC. The number of carbonyl (C=O) groups is 2. The zero-order valence-corrected chi connectivity index (χ0v) is 33.3. The Labute approximate surface area is 328 Å². The first kappa shape index (κ1) is 38.3. The van der Waals surface area contributed by atoms with E-state index in [9.17, 15) is 9.59 Å². The van der Waals surface area contributed by atoms with Gasteiger partial charge >= 0.3 is 11.9 Å². The summed E-state index contributed by atoms with van der Waals surface area (Å²) in [4.78, 5) is 44.1. The van der Waals surface area contributed by atoms with Gasteiger partial charge in [-0.25, -0.2) is 9.97 Å². The minimum Gasteiger partial charge on any atom is -0.461 e. The number of carbonyl (C=O) groups excluding carboxylic acids is 2. The van der Waals surface area contributed by atoms with Gasteiger partial charge in [0, 0.05) is 34.9 Å². The third-order valence-electron chi connectivity index (χ3n) is 11.2. The first-order valence-corrected chi connectivity index (χ1v) is 19.7. The highest BCUT2D eigenvalue weighted by atomic mass is 16.5. The fraction of sp³-hybridized carbons (Fsp3) is 0.292. The van der Waals surface area contributed by atoms with Gasteiger partial charge in [-0.2, -0.15) is 0 Å². The second kappa shape index (κ2) is 16.8. The summed E-state index contributed by atoms with van der Waals surface area (Å²) in [6.45, 7) is 13.3. The molecular weight excluding hydrogens is 697 g/mol. The van der Waals surface area contributed by atoms with Gasteiger partial charge in [0.1, 0.15) is 13.2 Å². The summed E-state index contributed by atoms with van der Waals surface area (Å²) in [5, 5.41) is 0. The number of rotatable bonds is 12. The monoisotopic (exact) mass is 746 g/mol. The molecule has 5 heterocycles. The summed E-state index contributed by atoms with van der Waals surface area (Å²) in [6, 6.07) is 27.9. The maximum atomic E-state index is 13.1. The molecule has 0 saturated carbocycles. The van der Waals surface area contributed by atoms with E-state index >= 15 is 0 Å². The molecule has 2 aliphatic rings. The fourth-order valence-corrected chi connectivity index (χ4v) is 7.83. The average molecular weight is 747 g/mol. The summed E-state index contributed by atoms with van der Waals surface area (Å²) < 4.78 is 11.3. The van der Waals surface area contributed by atoms with Crippen LogP contribution in [0.25, 0.3) is 44.4 Å². The van der Waals surface area contributed by atoms with Crippen molar-refractivity contribution >= 4 is 56.3 Å². The van der Waals surface area contributed by atoms with E-state index in [1.807, 2.05) is 66.7 Å². The van der Waals surface area contributed by atoms with Gasteiger partial charge in [0.2, 0.25) is 0 Å². The zero-order chi connectivity index (χ0) is 39.3. The molecule has 5 aromatic rings. The molecule has 2 aromatic carbocycles. The van der Waals surface area contributed by atoms with Crippen LogP contribution >= 0.6 is 0 Å². The Morgan fingerprint density at radius 3 is 1.39 bits per heavy atom. The van der Waals surface area contributed by atoms with Crippen molar-refractivity contribution in [1.29, 1.82) is 0 Å². The van der Waals surface area contributed by atoms with E-state index in [1.165, 1.54) is 22.3 Å². The van der Waals surface area contributed by atoms with Crippen molar-refractivity contribution < 1.29 is 19.1 Å². The van der Waals surface area contributed by atoms with Crippen molar-refractivity contribution in [3.05, 3.63) is 141 Å². The number of nitrogens with zero attached hydrogens (tertiary/aromatic N) is 2. The van der Waals surface area contributed by atoms with Crippen molar-refractivity contribution in [3.8, 4) is 0 Å². The highest BCUT2D eigenvalue weighted by Gasteiger charge is 2.23. The summed E-state index contributed by atoms with van der Waals surface area (Å²) in [5.74, 6) is -0.531. The predicted molar refractivity (Wildman–Crippen MR) is 225 cm³/mol. The van der Waals surface area contributed by atoms with Gasteiger partial charge in [-0.05, 0) is 133 Å². The summed E-state index contributed by atoms with van der Waals surface area (Å²) >= 11 is 0. The zero-order valence-electron chi connectivity index (χ0n) is 33.3. The van der Waals surface area contributed by atoms with Crippen LogP contribution in [0, 0.1) is 13.8 Å². The molecule has 0 spiro atoms. The molecule has 2 N–H and O–H groups in total. The first-order chi connectivity index (χ1) is 27.1. The molecule has 0 fully saturated rings. The van der Waals surface area contributed by atoms with Gasteiger partial charge in [-0.15, -0.1) is 0 Å². The van der Waals surface area contributed by atoms with Crippen LogP contribution in [0.5, 0.6) is 0 Å². The van der Waals surface area contributed by atoms with Crippen molar-refractivity contribution in [2.75, 3.05) is 0 Å². The van der Waals surface area contributed by atoms with Crippen molar-refractivity contribution in [2.24, 2.45) is 0 Å². The quantitative estimate of drug-likeness (QED) is 0.123. The molecule has 8 nitrogen and oxygen atoms in total. The number of fused-ring (bicyclic) bond motifs is 8. The van der Waals surface area contributed by atoms with E-state index in [4.69, 9.17) is 19.4 Å². The summed E-state index contributed by atoms with van der Waals surface area (Å²) in [6.07, 6.45) is 3.08. The molecule has 0 radical (unpaired) electrons. The second-order valence-corrected chi connectivity index (χ2v) is 14.7. The molecule has 2 aliphatic heterocycles. The van der Waals surface area contributed by atoms with Gasteiger partial charge in [-0.3, -0.25) is 9.59 Å². The van der Waals surface area contributed by atoms with Crippen LogP contribution in [0.3, 0.4) is 0 Å². The van der Waals surface area contributed by atoms with Gasteiger partial charge in [-0.1, -0.05) is 74.5 Å². The van der Waals surface area contributed by atoms with Crippen LogP contribution in [0.4, 0.5) is 0 Å². The number of benzene rings is 2. The molecule has 7 rings (SSSR count). The topological polar surface area (TPSA) is 110 Å².